The Bertz CT molecular complexity index is 155. The molecular formula is C11H20O2. The molecule has 1 saturated heterocycles. The molecule has 0 aromatic carbocycles. The molecule has 0 unspecified atom stereocenters. The Labute approximate surface area is 80.3 Å². The number of hydrogen-bond donors (Lipinski definition) is 1. The van der Waals surface area contributed by atoms with Gasteiger partial charge < -0.3 is 9.84 Å². The predicted molar refractivity (Wildman–Crippen MR) is 51.6 cm³/mol. The Morgan fingerprint density at radius 2 is 1.62 bits per heavy atom. The summed E-state index contributed by atoms with van der Waals surface area (Å²) in [7, 11) is 0. The van der Waals surface area contributed by atoms with E-state index in [0.717, 1.165) is 26.1 Å². The van der Waals surface area contributed by atoms with Gasteiger partial charge in [-0.15, -0.1) is 0 Å². The van der Waals surface area contributed by atoms with Gasteiger partial charge in [0.1, 0.15) is 0 Å². The van der Waals surface area contributed by atoms with Crippen LogP contribution in [0.3, 0.4) is 0 Å². The van der Waals surface area contributed by atoms with Crippen LogP contribution in [0, 0.1) is 5.92 Å². The Balaban J connectivity index is 1.94. The van der Waals surface area contributed by atoms with Gasteiger partial charge in [0.25, 0.3) is 0 Å². The minimum Gasteiger partial charge on any atom is -0.389 e. The van der Waals surface area contributed by atoms with Crippen LogP contribution in [0.25, 0.3) is 0 Å². The van der Waals surface area contributed by atoms with E-state index in [1.807, 2.05) is 0 Å². The summed E-state index contributed by atoms with van der Waals surface area (Å²) in [6.45, 7) is 1.51. The number of hydrogen-bond acceptors (Lipinski definition) is 2. The molecule has 2 heteroatoms. The highest BCUT2D eigenvalue weighted by Crippen LogP contribution is 2.38. The van der Waals surface area contributed by atoms with Crippen molar-refractivity contribution in [2.45, 2.75) is 50.5 Å². The van der Waals surface area contributed by atoms with E-state index in [1.54, 1.807) is 0 Å². The van der Waals surface area contributed by atoms with Gasteiger partial charge in [-0.1, -0.05) is 19.3 Å². The van der Waals surface area contributed by atoms with E-state index in [-0.39, 0.29) is 5.60 Å². The third-order valence-electron chi connectivity index (χ3n) is 3.72. The molecule has 2 aliphatic rings. The molecule has 1 aliphatic heterocycles. The smallest absolute Gasteiger partial charge is 0.0719 e. The quantitative estimate of drug-likeness (QED) is 0.676. The van der Waals surface area contributed by atoms with Crippen LogP contribution >= 0.6 is 0 Å². The summed E-state index contributed by atoms with van der Waals surface area (Å²) < 4.78 is 5.30. The summed E-state index contributed by atoms with van der Waals surface area (Å²) in [5, 5.41) is 10.4. The molecule has 0 spiro atoms. The Morgan fingerprint density at radius 3 is 2.23 bits per heavy atom. The highest BCUT2D eigenvalue weighted by atomic mass is 16.5. The van der Waals surface area contributed by atoms with Crippen molar-refractivity contribution in [1.82, 2.24) is 0 Å². The minimum absolute atomic E-state index is 0.376. The molecule has 0 bridgehead atoms. The van der Waals surface area contributed by atoms with Crippen LogP contribution in [0.4, 0.5) is 0 Å². The first-order chi connectivity index (χ1) is 6.31. The summed E-state index contributed by atoms with van der Waals surface area (Å²) >= 11 is 0. The number of rotatable bonds is 1. The normalized spacial score (nSPS) is 30.2. The zero-order valence-corrected chi connectivity index (χ0v) is 8.30. The van der Waals surface area contributed by atoms with E-state index < -0.39 is 0 Å². The maximum Gasteiger partial charge on any atom is 0.0719 e. The molecule has 0 atom stereocenters. The second-order valence-electron chi connectivity index (χ2n) is 4.55. The molecule has 1 N–H and O–H groups in total. The first-order valence-corrected chi connectivity index (χ1v) is 5.61. The van der Waals surface area contributed by atoms with Crippen LogP contribution in [0.2, 0.25) is 0 Å². The second-order valence-corrected chi connectivity index (χ2v) is 4.55. The zero-order valence-electron chi connectivity index (χ0n) is 8.30. The molecule has 13 heavy (non-hydrogen) atoms. The lowest BCUT2D eigenvalue weighted by atomic mass is 9.73. The van der Waals surface area contributed by atoms with Crippen molar-refractivity contribution in [3.8, 4) is 0 Å². The van der Waals surface area contributed by atoms with E-state index in [2.05, 4.69) is 0 Å². The Hall–Kier alpha value is -0.0800. The third-order valence-corrected chi connectivity index (χ3v) is 3.72. The van der Waals surface area contributed by atoms with E-state index in [4.69, 9.17) is 4.74 Å². The zero-order chi connectivity index (χ0) is 9.15. The van der Waals surface area contributed by atoms with Crippen LogP contribution in [0.15, 0.2) is 0 Å². The summed E-state index contributed by atoms with van der Waals surface area (Å²) in [6.07, 6.45) is 8.17. The molecule has 1 heterocycles. The van der Waals surface area contributed by atoms with Crippen LogP contribution in [0.5, 0.6) is 0 Å². The second kappa shape index (κ2) is 3.97. The van der Waals surface area contributed by atoms with Gasteiger partial charge in [0, 0.05) is 13.2 Å². The lowest BCUT2D eigenvalue weighted by molar-refractivity contribution is -0.107. The van der Waals surface area contributed by atoms with Gasteiger partial charge in [-0.25, -0.2) is 0 Å². The molecule has 1 saturated carbocycles. The topological polar surface area (TPSA) is 29.5 Å². The Morgan fingerprint density at radius 1 is 1.00 bits per heavy atom. The first-order valence-electron chi connectivity index (χ1n) is 5.61. The van der Waals surface area contributed by atoms with Crippen molar-refractivity contribution in [1.29, 1.82) is 0 Å². The molecule has 0 aromatic heterocycles. The average Bonchev–Trinajstić information content (AvgIpc) is 2.20. The van der Waals surface area contributed by atoms with Gasteiger partial charge in [0.05, 0.1) is 5.60 Å². The summed E-state index contributed by atoms with van der Waals surface area (Å²) in [5.41, 5.74) is -0.376. The summed E-state index contributed by atoms with van der Waals surface area (Å²) in [6, 6.07) is 0. The van der Waals surface area contributed by atoms with Gasteiger partial charge in [0.2, 0.25) is 0 Å². The minimum atomic E-state index is -0.376. The van der Waals surface area contributed by atoms with Gasteiger partial charge in [-0.3, -0.25) is 0 Å². The van der Waals surface area contributed by atoms with Gasteiger partial charge in [-0.05, 0) is 31.6 Å². The maximum atomic E-state index is 10.4. The molecule has 2 rings (SSSR count). The molecule has 76 valence electrons. The van der Waals surface area contributed by atoms with Crippen molar-refractivity contribution < 1.29 is 9.84 Å². The Kier molecular flexibility index (Phi) is 2.89. The van der Waals surface area contributed by atoms with Gasteiger partial charge in [0.15, 0.2) is 0 Å². The van der Waals surface area contributed by atoms with Crippen LogP contribution < -0.4 is 0 Å². The fourth-order valence-electron chi connectivity index (χ4n) is 2.77. The average molecular weight is 184 g/mol. The van der Waals surface area contributed by atoms with E-state index >= 15 is 0 Å². The van der Waals surface area contributed by atoms with Crippen molar-refractivity contribution >= 4 is 0 Å². The SMILES string of the molecule is OC1(C2CCCCC2)CCOCC1. The largest absolute Gasteiger partial charge is 0.389 e. The first kappa shape index (κ1) is 9.47. The fraction of sp³-hybridized carbons (Fsp3) is 1.00. The number of aliphatic hydroxyl groups is 1. The van der Waals surface area contributed by atoms with Crippen LogP contribution in [-0.2, 0) is 4.74 Å². The molecule has 0 radical (unpaired) electrons. The number of ether oxygens (including phenoxy) is 1. The van der Waals surface area contributed by atoms with E-state index in [9.17, 15) is 5.11 Å². The summed E-state index contributed by atoms with van der Waals surface area (Å²) in [5.74, 6) is 0.560. The lowest BCUT2D eigenvalue weighted by Gasteiger charge is -2.41. The van der Waals surface area contributed by atoms with E-state index in [1.165, 1.54) is 32.1 Å². The predicted octanol–water partition coefficient (Wildman–Crippen LogP) is 2.11. The maximum absolute atomic E-state index is 10.4. The van der Waals surface area contributed by atoms with Gasteiger partial charge >= 0.3 is 0 Å². The third kappa shape index (κ3) is 2.05. The molecular weight excluding hydrogens is 164 g/mol. The van der Waals surface area contributed by atoms with Crippen LogP contribution in [0.1, 0.15) is 44.9 Å². The molecule has 0 aromatic rings. The standard InChI is InChI=1S/C11H20O2/c12-11(6-8-13-9-7-11)10-4-2-1-3-5-10/h10,12H,1-9H2. The summed E-state index contributed by atoms with van der Waals surface area (Å²) in [4.78, 5) is 0. The molecule has 0 amide bonds. The van der Waals surface area contributed by atoms with Crippen molar-refractivity contribution in [3.63, 3.8) is 0 Å². The lowest BCUT2D eigenvalue weighted by Crippen LogP contribution is -2.43. The van der Waals surface area contributed by atoms with E-state index in [0.29, 0.717) is 5.92 Å². The molecule has 2 fully saturated rings. The van der Waals surface area contributed by atoms with Gasteiger partial charge in [-0.2, -0.15) is 0 Å². The van der Waals surface area contributed by atoms with Crippen molar-refractivity contribution in [3.05, 3.63) is 0 Å². The highest BCUT2D eigenvalue weighted by Gasteiger charge is 2.38. The molecule has 1 aliphatic carbocycles. The molecule has 2 nitrogen and oxygen atoms in total. The van der Waals surface area contributed by atoms with Crippen LogP contribution in [-0.4, -0.2) is 23.9 Å². The van der Waals surface area contributed by atoms with Crippen molar-refractivity contribution in [2.24, 2.45) is 5.92 Å². The monoisotopic (exact) mass is 184 g/mol. The highest BCUT2D eigenvalue weighted by molar-refractivity contribution is 4.89. The fourth-order valence-corrected chi connectivity index (χ4v) is 2.77. The van der Waals surface area contributed by atoms with Crippen molar-refractivity contribution in [2.75, 3.05) is 13.2 Å².